The van der Waals surface area contributed by atoms with Crippen LogP contribution in [0, 0.1) is 20.2 Å². The van der Waals surface area contributed by atoms with Gasteiger partial charge in [0.15, 0.2) is 0 Å². The third kappa shape index (κ3) is 5.00. The number of hydrogen-bond donors (Lipinski definition) is 1. The summed E-state index contributed by atoms with van der Waals surface area (Å²) in [5.41, 5.74) is -0.775. The first-order valence-electron chi connectivity index (χ1n) is 8.33. The van der Waals surface area contributed by atoms with Crippen LogP contribution in [0.25, 0.3) is 0 Å². The van der Waals surface area contributed by atoms with Crippen molar-refractivity contribution >= 4 is 38.7 Å². The van der Waals surface area contributed by atoms with Crippen LogP contribution in [0.5, 0.6) is 5.75 Å². The normalized spacial score (nSPS) is 12.0. The summed E-state index contributed by atoms with van der Waals surface area (Å²) in [5.74, 6) is -0.701. The van der Waals surface area contributed by atoms with Crippen LogP contribution < -0.4 is 14.4 Å². The quantitative estimate of drug-likeness (QED) is 0.485. The molecule has 2 aromatic carbocycles. The van der Waals surface area contributed by atoms with E-state index < -0.39 is 31.8 Å². The first-order valence-corrected chi connectivity index (χ1v) is 10.2. The molecule has 30 heavy (non-hydrogen) atoms. The molecule has 1 atom stereocenters. The van der Waals surface area contributed by atoms with Crippen molar-refractivity contribution in [2.24, 2.45) is 0 Å². The second-order valence-corrected chi connectivity index (χ2v) is 8.00. The number of benzene rings is 2. The van der Waals surface area contributed by atoms with E-state index in [-0.39, 0.29) is 28.5 Å². The average molecular weight is 438 g/mol. The van der Waals surface area contributed by atoms with E-state index in [1.54, 1.807) is 0 Å². The van der Waals surface area contributed by atoms with Crippen molar-refractivity contribution in [2.45, 2.75) is 13.0 Å². The minimum Gasteiger partial charge on any atom is -0.495 e. The van der Waals surface area contributed by atoms with Gasteiger partial charge in [0.25, 0.3) is 11.4 Å². The lowest BCUT2D eigenvalue weighted by atomic mass is 10.2. The zero-order valence-corrected chi connectivity index (χ0v) is 17.0. The zero-order chi connectivity index (χ0) is 22.6. The third-order valence-corrected chi connectivity index (χ3v) is 5.28. The minimum atomic E-state index is -4.02. The van der Waals surface area contributed by atoms with E-state index in [0.29, 0.717) is 0 Å². The summed E-state index contributed by atoms with van der Waals surface area (Å²) in [6.07, 6.45) is 0.851. The molecule has 0 aliphatic heterocycles. The zero-order valence-electron chi connectivity index (χ0n) is 16.1. The first kappa shape index (κ1) is 22.5. The van der Waals surface area contributed by atoms with Gasteiger partial charge in [-0.25, -0.2) is 8.42 Å². The largest absolute Gasteiger partial charge is 0.495 e. The molecule has 160 valence electrons. The van der Waals surface area contributed by atoms with Gasteiger partial charge in [0.05, 0.1) is 34.6 Å². The van der Waals surface area contributed by atoms with Crippen molar-refractivity contribution < 1.29 is 27.8 Å². The van der Waals surface area contributed by atoms with Crippen molar-refractivity contribution in [1.29, 1.82) is 0 Å². The number of ether oxygens (including phenoxy) is 1. The molecule has 0 aromatic heterocycles. The standard InChI is InChI=1S/C17H18N4O8S/c1-11(17(22)18-15-10-14(21(25)26)7-8-16(15)29-2)19(30(3,27)28)12-5-4-6-13(9-12)20(23)24/h4-11H,1-3H3,(H,18,22)/t11-/m0/s1. The van der Waals surface area contributed by atoms with Crippen LogP contribution >= 0.6 is 0 Å². The average Bonchev–Trinajstić information content (AvgIpc) is 2.67. The lowest BCUT2D eigenvalue weighted by Gasteiger charge is -2.28. The number of anilines is 2. The van der Waals surface area contributed by atoms with Gasteiger partial charge in [-0.15, -0.1) is 0 Å². The van der Waals surface area contributed by atoms with Gasteiger partial charge in [0.1, 0.15) is 11.8 Å². The number of amides is 1. The van der Waals surface area contributed by atoms with Gasteiger partial charge in [-0.2, -0.15) is 0 Å². The van der Waals surface area contributed by atoms with Crippen LogP contribution in [0.4, 0.5) is 22.7 Å². The number of nitro groups is 2. The summed E-state index contributed by atoms with van der Waals surface area (Å²) < 4.78 is 30.5. The second kappa shape index (κ2) is 8.73. The molecule has 12 nitrogen and oxygen atoms in total. The van der Waals surface area contributed by atoms with Crippen LogP contribution in [0.3, 0.4) is 0 Å². The highest BCUT2D eigenvalue weighted by Crippen LogP contribution is 2.30. The Balaban J connectivity index is 2.43. The van der Waals surface area contributed by atoms with E-state index in [0.717, 1.165) is 22.7 Å². The Bertz CT molecular complexity index is 1100. The van der Waals surface area contributed by atoms with Gasteiger partial charge >= 0.3 is 0 Å². The molecule has 0 unspecified atom stereocenters. The number of carbonyl (C=O) groups is 1. The van der Waals surface area contributed by atoms with Gasteiger partial charge in [0, 0.05) is 24.3 Å². The van der Waals surface area contributed by atoms with Crippen molar-refractivity contribution in [2.75, 3.05) is 23.0 Å². The van der Waals surface area contributed by atoms with Crippen molar-refractivity contribution in [3.05, 3.63) is 62.7 Å². The molecule has 1 N–H and O–H groups in total. The van der Waals surface area contributed by atoms with Gasteiger partial charge in [0.2, 0.25) is 15.9 Å². The van der Waals surface area contributed by atoms with Gasteiger partial charge in [-0.3, -0.25) is 29.3 Å². The first-order chi connectivity index (χ1) is 14.0. The van der Waals surface area contributed by atoms with Crippen molar-refractivity contribution in [3.8, 4) is 5.75 Å². The number of nitro benzene ring substituents is 2. The van der Waals surface area contributed by atoms with Crippen LogP contribution in [-0.4, -0.2) is 43.6 Å². The summed E-state index contributed by atoms with van der Waals surface area (Å²) in [6, 6.07) is 7.01. The Hall–Kier alpha value is -3.74. The van der Waals surface area contributed by atoms with Crippen LogP contribution in [0.15, 0.2) is 42.5 Å². The molecule has 2 aromatic rings. The van der Waals surface area contributed by atoms with E-state index in [9.17, 15) is 33.4 Å². The number of sulfonamides is 1. The Morgan fingerprint density at radius 2 is 1.70 bits per heavy atom. The molecule has 0 saturated heterocycles. The van der Waals surface area contributed by atoms with Gasteiger partial charge < -0.3 is 10.1 Å². The van der Waals surface area contributed by atoms with E-state index >= 15 is 0 Å². The SMILES string of the molecule is COc1ccc([N+](=O)[O-])cc1NC(=O)[C@H](C)N(c1cccc([N+](=O)[O-])c1)S(C)(=O)=O. The molecule has 0 heterocycles. The van der Waals surface area contributed by atoms with Crippen molar-refractivity contribution in [3.63, 3.8) is 0 Å². The molecular formula is C17H18N4O8S. The van der Waals surface area contributed by atoms with Crippen LogP contribution in [-0.2, 0) is 14.8 Å². The molecule has 2 rings (SSSR count). The third-order valence-electron chi connectivity index (χ3n) is 4.04. The highest BCUT2D eigenvalue weighted by atomic mass is 32.2. The fourth-order valence-corrected chi connectivity index (χ4v) is 3.86. The maximum absolute atomic E-state index is 12.8. The van der Waals surface area contributed by atoms with Crippen LogP contribution in [0.2, 0.25) is 0 Å². The number of nitrogens with zero attached hydrogens (tertiary/aromatic N) is 3. The smallest absolute Gasteiger partial charge is 0.271 e. The number of carbonyl (C=O) groups excluding carboxylic acids is 1. The maximum atomic E-state index is 12.8. The van der Waals surface area contributed by atoms with Gasteiger partial charge in [-0.05, 0) is 19.1 Å². The molecule has 0 aliphatic rings. The molecule has 0 spiro atoms. The number of rotatable bonds is 8. The molecule has 0 aliphatic carbocycles. The second-order valence-electron chi connectivity index (χ2n) is 6.14. The van der Waals surface area contributed by atoms with Crippen molar-refractivity contribution in [1.82, 2.24) is 0 Å². The highest BCUT2D eigenvalue weighted by molar-refractivity contribution is 7.92. The molecule has 0 radical (unpaired) electrons. The van der Waals surface area contributed by atoms with E-state index in [1.807, 2.05) is 0 Å². The lowest BCUT2D eigenvalue weighted by Crippen LogP contribution is -2.45. The molecule has 0 saturated carbocycles. The summed E-state index contributed by atoms with van der Waals surface area (Å²) >= 11 is 0. The molecular weight excluding hydrogens is 420 g/mol. The Labute approximate surface area is 171 Å². The van der Waals surface area contributed by atoms with Crippen LogP contribution in [0.1, 0.15) is 6.92 Å². The Kier molecular flexibility index (Phi) is 6.56. The fraction of sp³-hybridized carbons (Fsp3) is 0.235. The molecule has 0 bridgehead atoms. The number of hydrogen-bond acceptors (Lipinski definition) is 8. The fourth-order valence-electron chi connectivity index (χ4n) is 2.70. The number of non-ortho nitro benzene ring substituents is 2. The summed E-state index contributed by atoms with van der Waals surface area (Å²) in [4.78, 5) is 33.4. The summed E-state index contributed by atoms with van der Waals surface area (Å²) in [5, 5.41) is 24.4. The lowest BCUT2D eigenvalue weighted by molar-refractivity contribution is -0.385. The number of methoxy groups -OCH3 is 1. The number of nitrogens with one attached hydrogen (secondary N) is 1. The summed E-state index contributed by atoms with van der Waals surface area (Å²) in [7, 11) is -2.73. The van der Waals surface area contributed by atoms with Gasteiger partial charge in [-0.1, -0.05) is 6.07 Å². The predicted molar refractivity (Wildman–Crippen MR) is 108 cm³/mol. The Morgan fingerprint density at radius 3 is 2.23 bits per heavy atom. The minimum absolute atomic E-state index is 0.0314. The topological polar surface area (TPSA) is 162 Å². The predicted octanol–water partition coefficient (Wildman–Crippen LogP) is 2.30. The van der Waals surface area contributed by atoms with E-state index in [1.165, 1.54) is 44.4 Å². The van der Waals surface area contributed by atoms with E-state index in [4.69, 9.17) is 4.74 Å². The maximum Gasteiger partial charge on any atom is 0.271 e. The molecule has 0 fully saturated rings. The molecule has 1 amide bonds. The molecule has 13 heteroatoms. The Morgan fingerprint density at radius 1 is 1.10 bits per heavy atom. The highest BCUT2D eigenvalue weighted by Gasteiger charge is 2.30. The monoisotopic (exact) mass is 438 g/mol. The summed E-state index contributed by atoms with van der Waals surface area (Å²) in [6.45, 7) is 1.28. The van der Waals surface area contributed by atoms with E-state index in [2.05, 4.69) is 5.32 Å².